The fraction of sp³-hybridized carbons (Fsp3) is 0.938. The molecule has 1 fully saturated rings. The third-order valence-electron chi connectivity index (χ3n) is 4.02. The first-order valence-electron chi connectivity index (χ1n) is 8.34. The van der Waals surface area contributed by atoms with E-state index in [0.717, 1.165) is 51.4 Å². The van der Waals surface area contributed by atoms with Crippen LogP contribution in [0, 0.1) is 5.92 Å². The van der Waals surface area contributed by atoms with E-state index in [9.17, 15) is 4.79 Å². The maximum atomic E-state index is 12.2. The zero-order valence-electron chi connectivity index (χ0n) is 13.5. The predicted octanol–water partition coefficient (Wildman–Crippen LogP) is 2.43. The highest BCUT2D eigenvalue weighted by molar-refractivity contribution is 5.75. The number of esters is 1. The molecule has 0 saturated carbocycles. The second kappa shape index (κ2) is 10.2. The number of rotatable bonds is 9. The zero-order valence-corrected chi connectivity index (χ0v) is 13.5. The van der Waals surface area contributed by atoms with Crippen molar-refractivity contribution >= 4 is 5.97 Å². The minimum absolute atomic E-state index is 0.0308. The average Bonchev–Trinajstić information content (AvgIpc) is 2.46. The Hall–Kier alpha value is -0.610. The van der Waals surface area contributed by atoms with Gasteiger partial charge in [0.1, 0.15) is 6.04 Å². The third-order valence-corrected chi connectivity index (χ3v) is 4.02. The summed E-state index contributed by atoms with van der Waals surface area (Å²) in [6, 6.07) is -0.0465. The Labute approximate surface area is 124 Å². The van der Waals surface area contributed by atoms with E-state index in [1.165, 1.54) is 12.8 Å². The molecule has 1 unspecified atom stereocenters. The molecule has 0 amide bonds. The Balaban J connectivity index is 2.64. The molecule has 4 heteroatoms. The van der Waals surface area contributed by atoms with Crippen LogP contribution in [0.25, 0.3) is 0 Å². The summed E-state index contributed by atoms with van der Waals surface area (Å²) in [7, 11) is 0. The van der Waals surface area contributed by atoms with Gasteiger partial charge >= 0.3 is 5.97 Å². The molecule has 1 N–H and O–H groups in total. The van der Waals surface area contributed by atoms with Crippen molar-refractivity contribution in [3.05, 3.63) is 0 Å². The van der Waals surface area contributed by atoms with Crippen molar-refractivity contribution in [1.82, 2.24) is 10.2 Å². The van der Waals surface area contributed by atoms with Gasteiger partial charge in [-0.15, -0.1) is 0 Å². The molecule has 0 aromatic carbocycles. The van der Waals surface area contributed by atoms with Gasteiger partial charge in [-0.25, -0.2) is 0 Å². The van der Waals surface area contributed by atoms with Gasteiger partial charge in [0.15, 0.2) is 0 Å². The number of carbonyl (C=O) groups is 1. The highest BCUT2D eigenvalue weighted by Crippen LogP contribution is 2.18. The molecular formula is C16H32N2O2. The van der Waals surface area contributed by atoms with E-state index in [2.05, 4.69) is 24.1 Å². The number of carbonyl (C=O) groups excluding carboxylic acids is 1. The van der Waals surface area contributed by atoms with Crippen molar-refractivity contribution in [3.8, 4) is 0 Å². The summed E-state index contributed by atoms with van der Waals surface area (Å²) in [5, 5.41) is 3.41. The second-order valence-electron chi connectivity index (χ2n) is 5.74. The lowest BCUT2D eigenvalue weighted by molar-refractivity contribution is -0.150. The normalized spacial score (nSPS) is 18.2. The molecule has 118 valence electrons. The molecule has 0 aromatic rings. The molecule has 1 saturated heterocycles. The van der Waals surface area contributed by atoms with E-state index < -0.39 is 0 Å². The summed E-state index contributed by atoms with van der Waals surface area (Å²) in [6.07, 6.45) is 5.47. The summed E-state index contributed by atoms with van der Waals surface area (Å²) in [5.74, 6) is 0.688. The molecule has 1 aliphatic heterocycles. The third kappa shape index (κ3) is 5.80. The summed E-state index contributed by atoms with van der Waals surface area (Å²) < 4.78 is 5.28. The van der Waals surface area contributed by atoms with Crippen molar-refractivity contribution in [2.75, 3.05) is 32.8 Å². The Bertz CT molecular complexity index is 265. The fourth-order valence-electron chi connectivity index (χ4n) is 3.02. The lowest BCUT2D eigenvalue weighted by Gasteiger charge is -2.34. The number of nitrogens with one attached hydrogen (secondary N) is 1. The number of hydrogen-bond acceptors (Lipinski definition) is 4. The molecule has 0 spiro atoms. The zero-order chi connectivity index (χ0) is 14.8. The van der Waals surface area contributed by atoms with Crippen molar-refractivity contribution in [3.63, 3.8) is 0 Å². The van der Waals surface area contributed by atoms with E-state index in [4.69, 9.17) is 4.74 Å². The highest BCUT2D eigenvalue weighted by Gasteiger charge is 2.28. The summed E-state index contributed by atoms with van der Waals surface area (Å²) >= 11 is 0. The van der Waals surface area contributed by atoms with Crippen LogP contribution in [0.4, 0.5) is 0 Å². The van der Waals surface area contributed by atoms with Gasteiger partial charge in [-0.1, -0.05) is 20.3 Å². The van der Waals surface area contributed by atoms with Crippen LogP contribution >= 0.6 is 0 Å². The lowest BCUT2D eigenvalue weighted by Crippen LogP contribution is -2.46. The maximum absolute atomic E-state index is 12.2. The SMILES string of the molecule is CCCC(C(=O)OCC)N(CCC)CC1CCNCC1. The van der Waals surface area contributed by atoms with E-state index in [-0.39, 0.29) is 12.0 Å². The predicted molar refractivity (Wildman–Crippen MR) is 82.8 cm³/mol. The smallest absolute Gasteiger partial charge is 0.323 e. The van der Waals surface area contributed by atoms with Crippen molar-refractivity contribution in [2.24, 2.45) is 5.92 Å². The molecule has 4 nitrogen and oxygen atoms in total. The van der Waals surface area contributed by atoms with Crippen LogP contribution in [-0.4, -0.2) is 49.7 Å². The first kappa shape index (κ1) is 17.4. The van der Waals surface area contributed by atoms with Crippen LogP contribution in [0.1, 0.15) is 52.9 Å². The van der Waals surface area contributed by atoms with Crippen molar-refractivity contribution < 1.29 is 9.53 Å². The number of nitrogens with zero attached hydrogens (tertiary/aromatic N) is 1. The Morgan fingerprint density at radius 3 is 2.50 bits per heavy atom. The van der Waals surface area contributed by atoms with Crippen LogP contribution in [0.2, 0.25) is 0 Å². The Morgan fingerprint density at radius 2 is 1.95 bits per heavy atom. The average molecular weight is 284 g/mol. The summed E-state index contributed by atoms with van der Waals surface area (Å²) in [4.78, 5) is 14.6. The van der Waals surface area contributed by atoms with Gasteiger partial charge < -0.3 is 10.1 Å². The minimum Gasteiger partial charge on any atom is -0.465 e. The molecule has 0 bridgehead atoms. The maximum Gasteiger partial charge on any atom is 0.323 e. The van der Waals surface area contributed by atoms with Crippen LogP contribution in [0.3, 0.4) is 0 Å². The van der Waals surface area contributed by atoms with Crippen LogP contribution in [-0.2, 0) is 9.53 Å². The standard InChI is InChI=1S/C16H32N2O2/c1-4-7-15(16(19)20-6-3)18(12-5-2)13-14-8-10-17-11-9-14/h14-15,17H,4-13H2,1-3H3. The highest BCUT2D eigenvalue weighted by atomic mass is 16.5. The molecule has 1 heterocycles. The molecule has 1 rings (SSSR count). The van der Waals surface area contributed by atoms with E-state index in [0.29, 0.717) is 6.61 Å². The van der Waals surface area contributed by atoms with Gasteiger partial charge in [-0.3, -0.25) is 9.69 Å². The molecule has 0 aromatic heterocycles. The summed E-state index contributed by atoms with van der Waals surface area (Å²) in [6.45, 7) is 11.0. The molecule has 0 aliphatic carbocycles. The molecule has 20 heavy (non-hydrogen) atoms. The van der Waals surface area contributed by atoms with Gasteiger partial charge in [-0.2, -0.15) is 0 Å². The van der Waals surface area contributed by atoms with Gasteiger partial charge in [0.2, 0.25) is 0 Å². The fourth-order valence-corrected chi connectivity index (χ4v) is 3.02. The molecule has 1 aliphatic rings. The van der Waals surface area contributed by atoms with Gasteiger partial charge in [0.25, 0.3) is 0 Å². The largest absolute Gasteiger partial charge is 0.465 e. The van der Waals surface area contributed by atoms with Gasteiger partial charge in [0.05, 0.1) is 6.61 Å². The van der Waals surface area contributed by atoms with Gasteiger partial charge in [-0.05, 0) is 58.2 Å². The van der Waals surface area contributed by atoms with Crippen LogP contribution < -0.4 is 5.32 Å². The number of piperidine rings is 1. The first-order chi connectivity index (χ1) is 9.72. The van der Waals surface area contributed by atoms with Crippen molar-refractivity contribution in [1.29, 1.82) is 0 Å². The minimum atomic E-state index is -0.0465. The van der Waals surface area contributed by atoms with E-state index in [1.807, 2.05) is 6.92 Å². The van der Waals surface area contributed by atoms with Crippen LogP contribution in [0.15, 0.2) is 0 Å². The number of hydrogen-bond donors (Lipinski definition) is 1. The van der Waals surface area contributed by atoms with Crippen molar-refractivity contribution in [2.45, 2.75) is 58.9 Å². The molecular weight excluding hydrogens is 252 g/mol. The lowest BCUT2D eigenvalue weighted by atomic mass is 9.96. The molecule has 0 radical (unpaired) electrons. The summed E-state index contributed by atoms with van der Waals surface area (Å²) in [5.41, 5.74) is 0. The first-order valence-corrected chi connectivity index (χ1v) is 8.34. The second-order valence-corrected chi connectivity index (χ2v) is 5.74. The van der Waals surface area contributed by atoms with Gasteiger partial charge in [0, 0.05) is 6.54 Å². The van der Waals surface area contributed by atoms with E-state index in [1.54, 1.807) is 0 Å². The van der Waals surface area contributed by atoms with E-state index >= 15 is 0 Å². The monoisotopic (exact) mass is 284 g/mol. The topological polar surface area (TPSA) is 41.6 Å². The molecule has 1 atom stereocenters. The number of ether oxygens (including phenoxy) is 1. The Morgan fingerprint density at radius 1 is 1.25 bits per heavy atom. The quantitative estimate of drug-likeness (QED) is 0.660. The Kier molecular flexibility index (Phi) is 8.86. The van der Waals surface area contributed by atoms with Crippen LogP contribution in [0.5, 0.6) is 0 Å².